The van der Waals surface area contributed by atoms with Crippen LogP contribution in [0.4, 0.5) is 13.2 Å². The number of ether oxygens (including phenoxy) is 2. The molecule has 0 N–H and O–H groups in total. The molecule has 0 bridgehead atoms. The second-order valence-electron chi connectivity index (χ2n) is 5.06. The second kappa shape index (κ2) is 8.41. The van der Waals surface area contributed by atoms with Crippen molar-refractivity contribution in [2.75, 3.05) is 6.61 Å². The van der Waals surface area contributed by atoms with E-state index in [0.29, 0.717) is 6.07 Å². The van der Waals surface area contributed by atoms with Crippen LogP contribution in [0.1, 0.15) is 32.3 Å². The van der Waals surface area contributed by atoms with E-state index in [2.05, 4.69) is 4.74 Å². The summed E-state index contributed by atoms with van der Waals surface area (Å²) in [6.45, 7) is 3.23. The van der Waals surface area contributed by atoms with Gasteiger partial charge in [-0.05, 0) is 18.1 Å². The zero-order valence-corrected chi connectivity index (χ0v) is 12.3. The number of rotatable bonds is 7. The molecule has 0 saturated carbocycles. The highest BCUT2D eigenvalue weighted by molar-refractivity contribution is 5.77. The summed E-state index contributed by atoms with van der Waals surface area (Å²) in [6, 6.07) is 1.38. The second-order valence-corrected chi connectivity index (χ2v) is 5.06. The third-order valence-electron chi connectivity index (χ3n) is 2.63. The standard InChI is InChI=1S/C15H17F3O4/c1-9(2)7-21-13(19)5-6-14(20)22-8-10-11(16)3-4-12(17)15(10)18/h3-4,9H,5-8H2,1-2H3. The Bertz CT molecular complexity index is 544. The molecule has 1 rings (SSSR count). The molecule has 0 spiro atoms. The van der Waals surface area contributed by atoms with Crippen LogP contribution in [0, 0.1) is 23.4 Å². The molecule has 0 unspecified atom stereocenters. The Kier molecular flexibility index (Phi) is 6.88. The molecule has 0 fully saturated rings. The van der Waals surface area contributed by atoms with Crippen molar-refractivity contribution in [2.24, 2.45) is 5.92 Å². The fraction of sp³-hybridized carbons (Fsp3) is 0.467. The lowest BCUT2D eigenvalue weighted by molar-refractivity contribution is -0.151. The SMILES string of the molecule is CC(C)COC(=O)CCC(=O)OCc1c(F)ccc(F)c1F. The summed E-state index contributed by atoms with van der Waals surface area (Å²) >= 11 is 0. The van der Waals surface area contributed by atoms with Crippen molar-refractivity contribution in [1.82, 2.24) is 0 Å². The maximum absolute atomic E-state index is 13.3. The quantitative estimate of drug-likeness (QED) is 0.572. The third kappa shape index (κ3) is 5.75. The van der Waals surface area contributed by atoms with Crippen LogP contribution in [0.2, 0.25) is 0 Å². The molecule has 0 aliphatic carbocycles. The predicted octanol–water partition coefficient (Wildman–Crippen LogP) is 3.13. The van der Waals surface area contributed by atoms with Crippen molar-refractivity contribution in [3.63, 3.8) is 0 Å². The number of carbonyl (C=O) groups excluding carboxylic acids is 2. The highest BCUT2D eigenvalue weighted by atomic mass is 19.2. The van der Waals surface area contributed by atoms with E-state index in [9.17, 15) is 22.8 Å². The summed E-state index contributed by atoms with van der Waals surface area (Å²) in [4.78, 5) is 22.7. The Morgan fingerprint density at radius 2 is 1.55 bits per heavy atom. The summed E-state index contributed by atoms with van der Waals surface area (Å²) in [5.41, 5.74) is -0.671. The van der Waals surface area contributed by atoms with Gasteiger partial charge in [0.15, 0.2) is 11.6 Å². The first kappa shape index (κ1) is 18.0. The molecule has 0 heterocycles. The van der Waals surface area contributed by atoms with Crippen molar-refractivity contribution >= 4 is 11.9 Å². The van der Waals surface area contributed by atoms with Gasteiger partial charge < -0.3 is 9.47 Å². The van der Waals surface area contributed by atoms with Gasteiger partial charge in [0.2, 0.25) is 0 Å². The largest absolute Gasteiger partial charge is 0.465 e. The van der Waals surface area contributed by atoms with E-state index in [0.717, 1.165) is 6.07 Å². The normalized spacial score (nSPS) is 10.6. The Hall–Kier alpha value is -2.05. The number of benzene rings is 1. The first-order valence-electron chi connectivity index (χ1n) is 6.75. The molecule has 1 aromatic rings. The number of carbonyl (C=O) groups is 2. The lowest BCUT2D eigenvalue weighted by Crippen LogP contribution is -2.13. The first-order chi connectivity index (χ1) is 10.3. The van der Waals surface area contributed by atoms with Gasteiger partial charge in [0.25, 0.3) is 0 Å². The number of hydrogen-bond donors (Lipinski definition) is 0. The molecular weight excluding hydrogens is 301 g/mol. The summed E-state index contributed by atoms with van der Waals surface area (Å²) in [7, 11) is 0. The average Bonchev–Trinajstić information content (AvgIpc) is 2.46. The van der Waals surface area contributed by atoms with Gasteiger partial charge in [-0.15, -0.1) is 0 Å². The number of hydrogen-bond acceptors (Lipinski definition) is 4. The fourth-order valence-corrected chi connectivity index (χ4v) is 1.46. The van der Waals surface area contributed by atoms with Crippen LogP contribution < -0.4 is 0 Å². The van der Waals surface area contributed by atoms with Crippen molar-refractivity contribution < 1.29 is 32.2 Å². The third-order valence-corrected chi connectivity index (χ3v) is 2.63. The highest BCUT2D eigenvalue weighted by Gasteiger charge is 2.16. The molecular formula is C15H17F3O4. The van der Waals surface area contributed by atoms with E-state index in [1.165, 1.54) is 0 Å². The smallest absolute Gasteiger partial charge is 0.306 e. The summed E-state index contributed by atoms with van der Waals surface area (Å²) in [5, 5.41) is 0. The molecule has 0 atom stereocenters. The van der Waals surface area contributed by atoms with E-state index < -0.39 is 41.6 Å². The molecule has 0 aromatic heterocycles. The van der Waals surface area contributed by atoms with Crippen LogP contribution in [0.15, 0.2) is 12.1 Å². The zero-order valence-electron chi connectivity index (χ0n) is 12.3. The molecule has 7 heteroatoms. The monoisotopic (exact) mass is 318 g/mol. The Labute approximate surface area is 126 Å². The lowest BCUT2D eigenvalue weighted by Gasteiger charge is -2.08. The van der Waals surface area contributed by atoms with Crippen molar-refractivity contribution in [3.05, 3.63) is 35.1 Å². The molecule has 0 saturated heterocycles. The van der Waals surface area contributed by atoms with Gasteiger partial charge in [-0.1, -0.05) is 13.8 Å². The molecule has 0 aliphatic heterocycles. The van der Waals surface area contributed by atoms with Crippen molar-refractivity contribution in [3.8, 4) is 0 Å². The molecule has 1 aromatic carbocycles. The van der Waals surface area contributed by atoms with Crippen molar-refractivity contribution in [2.45, 2.75) is 33.3 Å². The van der Waals surface area contributed by atoms with E-state index in [4.69, 9.17) is 4.74 Å². The molecule has 22 heavy (non-hydrogen) atoms. The predicted molar refractivity (Wildman–Crippen MR) is 71.1 cm³/mol. The van der Waals surface area contributed by atoms with E-state index in [1.807, 2.05) is 13.8 Å². The molecule has 0 amide bonds. The van der Waals surface area contributed by atoms with Gasteiger partial charge in [0.1, 0.15) is 12.4 Å². The van der Waals surface area contributed by atoms with Crippen LogP contribution in [-0.2, 0) is 25.7 Å². The highest BCUT2D eigenvalue weighted by Crippen LogP contribution is 2.17. The van der Waals surface area contributed by atoms with Gasteiger partial charge in [0.05, 0.1) is 25.0 Å². The first-order valence-corrected chi connectivity index (χ1v) is 6.75. The summed E-state index contributed by atoms with van der Waals surface area (Å²) < 4.78 is 49.0. The molecule has 4 nitrogen and oxygen atoms in total. The van der Waals surface area contributed by atoms with Crippen LogP contribution in [0.25, 0.3) is 0 Å². The minimum Gasteiger partial charge on any atom is -0.465 e. The van der Waals surface area contributed by atoms with E-state index in [-0.39, 0.29) is 25.4 Å². The summed E-state index contributed by atoms with van der Waals surface area (Å²) in [5.74, 6) is -4.86. The lowest BCUT2D eigenvalue weighted by atomic mass is 10.2. The Morgan fingerprint density at radius 3 is 2.14 bits per heavy atom. The molecule has 0 radical (unpaired) electrons. The number of esters is 2. The van der Waals surface area contributed by atoms with Crippen LogP contribution in [0.5, 0.6) is 0 Å². The van der Waals surface area contributed by atoms with Crippen LogP contribution >= 0.6 is 0 Å². The Morgan fingerprint density at radius 1 is 1.00 bits per heavy atom. The maximum Gasteiger partial charge on any atom is 0.306 e. The van der Waals surface area contributed by atoms with E-state index in [1.54, 1.807) is 0 Å². The average molecular weight is 318 g/mol. The van der Waals surface area contributed by atoms with Gasteiger partial charge in [-0.25, -0.2) is 13.2 Å². The Balaban J connectivity index is 2.41. The molecule has 0 aliphatic rings. The number of halogens is 3. The topological polar surface area (TPSA) is 52.6 Å². The van der Waals surface area contributed by atoms with E-state index >= 15 is 0 Å². The minimum absolute atomic E-state index is 0.176. The van der Waals surface area contributed by atoms with Crippen LogP contribution in [0.3, 0.4) is 0 Å². The molecule has 122 valence electrons. The van der Waals surface area contributed by atoms with Gasteiger partial charge >= 0.3 is 11.9 Å². The van der Waals surface area contributed by atoms with Gasteiger partial charge in [0, 0.05) is 0 Å². The van der Waals surface area contributed by atoms with Gasteiger partial charge in [-0.3, -0.25) is 9.59 Å². The van der Waals surface area contributed by atoms with Crippen molar-refractivity contribution in [1.29, 1.82) is 0 Å². The maximum atomic E-state index is 13.3. The fourth-order valence-electron chi connectivity index (χ4n) is 1.46. The van der Waals surface area contributed by atoms with Gasteiger partial charge in [-0.2, -0.15) is 0 Å². The zero-order chi connectivity index (χ0) is 16.7. The summed E-state index contributed by atoms with van der Waals surface area (Å²) in [6.07, 6.45) is -0.477. The van der Waals surface area contributed by atoms with Crippen LogP contribution in [-0.4, -0.2) is 18.5 Å². The minimum atomic E-state index is -1.40.